The van der Waals surface area contributed by atoms with Crippen molar-refractivity contribution < 1.29 is 18.3 Å². The molecule has 10 heteroatoms. The molecule has 0 radical (unpaired) electrons. The van der Waals surface area contributed by atoms with Gasteiger partial charge in [0.25, 0.3) is 10.2 Å². The van der Waals surface area contributed by atoms with Gasteiger partial charge in [0.05, 0.1) is 23.1 Å². The van der Waals surface area contributed by atoms with Crippen LogP contribution < -0.4 is 0 Å². The molecule has 0 spiro atoms. The Morgan fingerprint density at radius 2 is 2.04 bits per heavy atom. The number of carboxylic acid groups (broad SMARTS) is 1. The minimum atomic E-state index is -3.38. The number of hydrogen-bond donors (Lipinski definition) is 1. The largest absolute Gasteiger partial charge is 0.478 e. The van der Waals surface area contributed by atoms with E-state index in [1.807, 2.05) is 0 Å². The van der Waals surface area contributed by atoms with Crippen molar-refractivity contribution in [3.05, 3.63) is 42.1 Å². The van der Waals surface area contributed by atoms with Gasteiger partial charge in [0.2, 0.25) is 0 Å². The average Bonchev–Trinajstić information content (AvgIpc) is 3.11. The van der Waals surface area contributed by atoms with Crippen LogP contribution in [0.1, 0.15) is 22.5 Å². The molecule has 0 unspecified atom stereocenters. The lowest BCUT2D eigenvalue weighted by atomic mass is 10.0. The highest BCUT2D eigenvalue weighted by Gasteiger charge is 2.32. The molecule has 1 aliphatic rings. The SMILES string of the molecule is CN(C)S(=O)(=O)N1CC[C@@H](Cc2cnc(-c3cncc(C(=O)O)c3)cn2)C1. The third-order valence-electron chi connectivity index (χ3n) is 4.52. The van der Waals surface area contributed by atoms with Crippen LogP contribution >= 0.6 is 0 Å². The van der Waals surface area contributed by atoms with Gasteiger partial charge in [-0.1, -0.05) is 0 Å². The highest BCUT2D eigenvalue weighted by atomic mass is 32.2. The first kappa shape index (κ1) is 19.3. The third-order valence-corrected chi connectivity index (χ3v) is 6.43. The molecule has 1 saturated heterocycles. The normalized spacial score (nSPS) is 18.1. The number of hydrogen-bond acceptors (Lipinski definition) is 6. The number of nitrogens with zero attached hydrogens (tertiary/aromatic N) is 5. The summed E-state index contributed by atoms with van der Waals surface area (Å²) in [7, 11) is -0.322. The maximum atomic E-state index is 12.2. The first-order valence-corrected chi connectivity index (χ1v) is 9.84. The van der Waals surface area contributed by atoms with Crippen LogP contribution in [0.4, 0.5) is 0 Å². The fraction of sp³-hybridized carbons (Fsp3) is 0.412. The lowest BCUT2D eigenvalue weighted by molar-refractivity contribution is 0.0696. The van der Waals surface area contributed by atoms with Crippen molar-refractivity contribution >= 4 is 16.2 Å². The molecule has 144 valence electrons. The van der Waals surface area contributed by atoms with Crippen molar-refractivity contribution in [3.8, 4) is 11.3 Å². The molecule has 1 fully saturated rings. The van der Waals surface area contributed by atoms with Gasteiger partial charge in [0.1, 0.15) is 0 Å². The zero-order valence-electron chi connectivity index (χ0n) is 15.1. The predicted molar refractivity (Wildman–Crippen MR) is 98.2 cm³/mol. The summed E-state index contributed by atoms with van der Waals surface area (Å²) in [5.74, 6) is -0.857. The summed E-state index contributed by atoms with van der Waals surface area (Å²) >= 11 is 0. The van der Waals surface area contributed by atoms with Gasteiger partial charge in [0, 0.05) is 51.3 Å². The Morgan fingerprint density at radius 1 is 1.26 bits per heavy atom. The van der Waals surface area contributed by atoms with Crippen molar-refractivity contribution in [3.63, 3.8) is 0 Å². The Morgan fingerprint density at radius 3 is 2.67 bits per heavy atom. The second kappa shape index (κ2) is 7.67. The maximum Gasteiger partial charge on any atom is 0.337 e. The van der Waals surface area contributed by atoms with Crippen molar-refractivity contribution in [1.29, 1.82) is 0 Å². The molecule has 2 aromatic heterocycles. The molecule has 1 atom stereocenters. The minimum Gasteiger partial charge on any atom is -0.478 e. The van der Waals surface area contributed by atoms with Crippen LogP contribution in [0, 0.1) is 5.92 Å². The van der Waals surface area contributed by atoms with Crippen LogP contribution in [0.3, 0.4) is 0 Å². The molecule has 2 aromatic rings. The van der Waals surface area contributed by atoms with Gasteiger partial charge in [-0.3, -0.25) is 15.0 Å². The monoisotopic (exact) mass is 391 g/mol. The van der Waals surface area contributed by atoms with Crippen LogP contribution in [0.5, 0.6) is 0 Å². The zero-order chi connectivity index (χ0) is 19.6. The van der Waals surface area contributed by atoms with Gasteiger partial charge in [-0.25, -0.2) is 4.79 Å². The highest BCUT2D eigenvalue weighted by molar-refractivity contribution is 7.86. The van der Waals surface area contributed by atoms with Crippen molar-refractivity contribution in [1.82, 2.24) is 23.6 Å². The standard InChI is InChI=1S/C17H21N5O4S/c1-21(2)27(25,26)22-4-3-12(11-22)5-15-9-20-16(10-19-15)13-6-14(17(23)24)8-18-7-13/h6-10,12H,3-5,11H2,1-2H3,(H,23,24)/t12-/m0/s1. The Bertz CT molecular complexity index is 931. The molecular weight excluding hydrogens is 370 g/mol. The van der Waals surface area contributed by atoms with Crippen LogP contribution in [-0.2, 0) is 16.6 Å². The van der Waals surface area contributed by atoms with E-state index in [-0.39, 0.29) is 11.5 Å². The highest BCUT2D eigenvalue weighted by Crippen LogP contribution is 2.24. The molecule has 3 heterocycles. The van der Waals surface area contributed by atoms with Crippen LogP contribution in [-0.4, -0.2) is 70.2 Å². The van der Waals surface area contributed by atoms with E-state index in [0.717, 1.165) is 12.1 Å². The number of aromatic carboxylic acids is 1. The second-order valence-electron chi connectivity index (χ2n) is 6.67. The fourth-order valence-corrected chi connectivity index (χ4v) is 4.20. The van der Waals surface area contributed by atoms with E-state index in [2.05, 4.69) is 15.0 Å². The predicted octanol–water partition coefficient (Wildman–Crippen LogP) is 0.908. The van der Waals surface area contributed by atoms with Crippen LogP contribution in [0.25, 0.3) is 11.3 Å². The summed E-state index contributed by atoms with van der Waals surface area (Å²) in [5, 5.41) is 9.05. The van der Waals surface area contributed by atoms with Gasteiger partial charge in [-0.05, 0) is 24.8 Å². The van der Waals surface area contributed by atoms with Crippen molar-refractivity contribution in [2.45, 2.75) is 12.8 Å². The molecule has 0 amide bonds. The van der Waals surface area contributed by atoms with Gasteiger partial charge in [-0.15, -0.1) is 0 Å². The summed E-state index contributed by atoms with van der Waals surface area (Å²) in [6.45, 7) is 0.971. The first-order valence-electron chi connectivity index (χ1n) is 8.44. The van der Waals surface area contributed by atoms with Crippen LogP contribution in [0.2, 0.25) is 0 Å². The molecule has 0 bridgehead atoms. The quantitative estimate of drug-likeness (QED) is 0.778. The Labute approximate surface area is 157 Å². The van der Waals surface area contributed by atoms with Gasteiger partial charge >= 0.3 is 5.97 Å². The third kappa shape index (κ3) is 4.29. The minimum absolute atomic E-state index is 0.0894. The average molecular weight is 391 g/mol. The topological polar surface area (TPSA) is 117 Å². The summed E-state index contributed by atoms with van der Waals surface area (Å²) in [4.78, 5) is 23.7. The Hall–Kier alpha value is -2.43. The molecule has 0 saturated carbocycles. The molecule has 1 aliphatic heterocycles. The Balaban J connectivity index is 1.67. The summed E-state index contributed by atoms with van der Waals surface area (Å²) in [5.41, 5.74) is 1.98. The van der Waals surface area contributed by atoms with Crippen LogP contribution in [0.15, 0.2) is 30.9 Å². The number of rotatable bonds is 6. The smallest absolute Gasteiger partial charge is 0.337 e. The number of carboxylic acids is 1. The molecule has 0 aromatic carbocycles. The molecular formula is C17H21N5O4S. The Kier molecular flexibility index (Phi) is 5.49. The molecule has 3 rings (SSSR count). The zero-order valence-corrected chi connectivity index (χ0v) is 15.9. The number of carbonyl (C=O) groups is 1. The van der Waals surface area contributed by atoms with E-state index < -0.39 is 16.2 Å². The van der Waals surface area contributed by atoms with E-state index in [1.165, 1.54) is 41.2 Å². The lowest BCUT2D eigenvalue weighted by Gasteiger charge is -2.20. The summed E-state index contributed by atoms with van der Waals surface area (Å²) in [6.07, 6.45) is 7.46. The molecule has 9 nitrogen and oxygen atoms in total. The lowest BCUT2D eigenvalue weighted by Crippen LogP contribution is -2.38. The van der Waals surface area contributed by atoms with E-state index in [9.17, 15) is 13.2 Å². The number of aromatic nitrogens is 3. The molecule has 1 N–H and O–H groups in total. The van der Waals surface area contributed by atoms with E-state index in [0.29, 0.717) is 30.8 Å². The molecule has 27 heavy (non-hydrogen) atoms. The van der Waals surface area contributed by atoms with Gasteiger partial charge in [-0.2, -0.15) is 17.0 Å². The maximum absolute atomic E-state index is 12.2. The van der Waals surface area contributed by atoms with E-state index in [4.69, 9.17) is 5.11 Å². The van der Waals surface area contributed by atoms with E-state index in [1.54, 1.807) is 12.4 Å². The van der Waals surface area contributed by atoms with Gasteiger partial charge < -0.3 is 5.11 Å². The number of pyridine rings is 1. The molecule has 0 aliphatic carbocycles. The first-order chi connectivity index (χ1) is 12.8. The van der Waals surface area contributed by atoms with Crippen molar-refractivity contribution in [2.24, 2.45) is 5.92 Å². The second-order valence-corrected chi connectivity index (χ2v) is 8.81. The van der Waals surface area contributed by atoms with Gasteiger partial charge in [0.15, 0.2) is 0 Å². The summed E-state index contributed by atoms with van der Waals surface area (Å²) < 4.78 is 27.1. The van der Waals surface area contributed by atoms with Crippen molar-refractivity contribution in [2.75, 3.05) is 27.2 Å². The van der Waals surface area contributed by atoms with E-state index >= 15 is 0 Å². The fourth-order valence-electron chi connectivity index (χ4n) is 3.01. The summed E-state index contributed by atoms with van der Waals surface area (Å²) in [6, 6.07) is 1.50.